The maximum absolute atomic E-state index is 12.6. The van der Waals surface area contributed by atoms with Crippen molar-refractivity contribution in [1.29, 1.82) is 0 Å². The van der Waals surface area contributed by atoms with E-state index in [-0.39, 0.29) is 11.9 Å². The van der Waals surface area contributed by atoms with Crippen molar-refractivity contribution in [3.05, 3.63) is 53.2 Å². The van der Waals surface area contributed by atoms with E-state index in [4.69, 9.17) is 14.2 Å². The van der Waals surface area contributed by atoms with Crippen molar-refractivity contribution >= 4 is 23.0 Å². The lowest BCUT2D eigenvalue weighted by Gasteiger charge is -2.22. The van der Waals surface area contributed by atoms with E-state index >= 15 is 0 Å². The molecule has 4 rings (SSSR count). The van der Waals surface area contributed by atoms with Crippen LogP contribution in [0.2, 0.25) is 0 Å². The second-order valence-corrected chi connectivity index (χ2v) is 6.96. The minimum Gasteiger partial charge on any atom is -0.493 e. The van der Waals surface area contributed by atoms with Gasteiger partial charge in [0, 0.05) is 28.7 Å². The summed E-state index contributed by atoms with van der Waals surface area (Å²) in [7, 11) is 4.64. The first-order chi connectivity index (χ1) is 14.6. The monoisotopic (exact) mass is 408 g/mol. The third-order valence-corrected chi connectivity index (χ3v) is 5.23. The van der Waals surface area contributed by atoms with Crippen LogP contribution in [-0.2, 0) is 17.8 Å². The largest absolute Gasteiger partial charge is 0.493 e. The molecule has 1 unspecified atom stereocenters. The van der Waals surface area contributed by atoms with E-state index in [1.165, 1.54) is 5.56 Å². The molecule has 0 saturated carbocycles. The molecule has 3 aromatic rings. The fraction of sp³-hybridized carbons (Fsp3) is 0.273. The van der Waals surface area contributed by atoms with Gasteiger partial charge >= 0.3 is 0 Å². The third kappa shape index (κ3) is 3.69. The smallest absolute Gasteiger partial charge is 0.257 e. The summed E-state index contributed by atoms with van der Waals surface area (Å²) < 4.78 is 16.0. The number of amides is 1. The summed E-state index contributed by atoms with van der Waals surface area (Å²) >= 11 is 0. The maximum atomic E-state index is 12.6. The zero-order valence-electron chi connectivity index (χ0n) is 17.1. The third-order valence-electron chi connectivity index (χ3n) is 5.23. The molecule has 30 heavy (non-hydrogen) atoms. The Bertz CT molecular complexity index is 1080. The van der Waals surface area contributed by atoms with Crippen LogP contribution in [0.1, 0.15) is 16.8 Å². The number of para-hydroxylation sites is 1. The van der Waals surface area contributed by atoms with Crippen LogP contribution in [0.3, 0.4) is 0 Å². The standard InChI is InChI=1S/C22H24N4O4/c1-28-19-8-13(9-20(29-2)21(19)30-3)11-24-26-22(27)17-10-15-14-6-4-5-7-16(14)25-18(15)12-23-17/h4-9,11,17,23,25H,10,12H2,1-3H3,(H,26,27)/b24-11-. The zero-order chi connectivity index (χ0) is 21.1. The highest BCUT2D eigenvalue weighted by molar-refractivity contribution is 5.89. The average molecular weight is 408 g/mol. The number of benzene rings is 2. The van der Waals surface area contributed by atoms with E-state index in [9.17, 15) is 4.79 Å². The molecule has 0 radical (unpaired) electrons. The van der Waals surface area contributed by atoms with Crippen LogP contribution in [0.25, 0.3) is 10.9 Å². The lowest BCUT2D eigenvalue weighted by molar-refractivity contribution is -0.123. The van der Waals surface area contributed by atoms with Crippen LogP contribution in [0.5, 0.6) is 17.2 Å². The van der Waals surface area contributed by atoms with Crippen molar-refractivity contribution in [2.75, 3.05) is 21.3 Å². The molecule has 2 aromatic carbocycles. The number of nitrogens with zero attached hydrogens (tertiary/aromatic N) is 1. The number of nitrogens with one attached hydrogen (secondary N) is 3. The van der Waals surface area contributed by atoms with Gasteiger partial charge < -0.3 is 19.2 Å². The molecule has 3 N–H and O–H groups in total. The number of hydrogen-bond acceptors (Lipinski definition) is 6. The number of rotatable bonds is 6. The molecule has 0 spiro atoms. The lowest BCUT2D eigenvalue weighted by Crippen LogP contribution is -2.46. The second-order valence-electron chi connectivity index (χ2n) is 6.96. The minimum absolute atomic E-state index is 0.186. The van der Waals surface area contributed by atoms with Crippen molar-refractivity contribution in [2.45, 2.75) is 19.0 Å². The predicted octanol–water partition coefficient (Wildman–Crippen LogP) is 2.36. The summed E-state index contributed by atoms with van der Waals surface area (Å²) in [6, 6.07) is 11.3. The number of carbonyl (C=O) groups is 1. The summed E-state index contributed by atoms with van der Waals surface area (Å²) in [6.07, 6.45) is 2.15. The molecule has 1 amide bonds. The number of H-pyrrole nitrogens is 1. The Morgan fingerprint density at radius 3 is 2.57 bits per heavy atom. The Balaban J connectivity index is 1.46. The van der Waals surface area contributed by atoms with Gasteiger partial charge in [-0.3, -0.25) is 10.1 Å². The van der Waals surface area contributed by atoms with Gasteiger partial charge in [-0.05, 0) is 30.2 Å². The SMILES string of the molecule is COc1cc(/C=N\NC(=O)C2Cc3c([nH]c4ccccc34)CN2)cc(OC)c1OC. The van der Waals surface area contributed by atoms with E-state index in [1.54, 1.807) is 39.7 Å². The van der Waals surface area contributed by atoms with Crippen LogP contribution in [0.4, 0.5) is 0 Å². The lowest BCUT2D eigenvalue weighted by atomic mass is 9.98. The summed E-state index contributed by atoms with van der Waals surface area (Å²) in [6.45, 7) is 0.610. The average Bonchev–Trinajstić information content (AvgIpc) is 3.16. The van der Waals surface area contributed by atoms with Gasteiger partial charge in [-0.1, -0.05) is 18.2 Å². The summed E-state index contributed by atoms with van der Waals surface area (Å²) in [4.78, 5) is 16.0. The molecule has 1 atom stereocenters. The number of hydrazone groups is 1. The predicted molar refractivity (Wildman–Crippen MR) is 114 cm³/mol. The zero-order valence-corrected chi connectivity index (χ0v) is 17.1. The van der Waals surface area contributed by atoms with Crippen molar-refractivity contribution in [3.8, 4) is 17.2 Å². The second kappa shape index (κ2) is 8.46. The van der Waals surface area contributed by atoms with Gasteiger partial charge in [-0.25, -0.2) is 5.43 Å². The van der Waals surface area contributed by atoms with Gasteiger partial charge in [0.15, 0.2) is 11.5 Å². The number of hydrogen-bond donors (Lipinski definition) is 3. The summed E-state index contributed by atoms with van der Waals surface area (Å²) in [5.41, 5.74) is 6.72. The molecule has 1 aliphatic heterocycles. The number of aromatic amines is 1. The van der Waals surface area contributed by atoms with E-state index in [0.717, 1.165) is 16.6 Å². The van der Waals surface area contributed by atoms with Gasteiger partial charge in [0.25, 0.3) is 5.91 Å². The van der Waals surface area contributed by atoms with Crippen LogP contribution in [0, 0.1) is 0 Å². The highest BCUT2D eigenvalue weighted by Crippen LogP contribution is 2.37. The Morgan fingerprint density at radius 2 is 1.87 bits per heavy atom. The first-order valence-electron chi connectivity index (χ1n) is 9.59. The molecule has 1 aliphatic rings. The molecule has 2 heterocycles. The fourth-order valence-corrected chi connectivity index (χ4v) is 3.75. The van der Waals surface area contributed by atoms with Gasteiger partial charge in [-0.2, -0.15) is 5.10 Å². The Hall–Kier alpha value is -3.52. The fourth-order valence-electron chi connectivity index (χ4n) is 3.75. The first-order valence-corrected chi connectivity index (χ1v) is 9.59. The number of methoxy groups -OCH3 is 3. The normalized spacial score (nSPS) is 15.8. The molecule has 8 heteroatoms. The van der Waals surface area contributed by atoms with Gasteiger partial charge in [-0.15, -0.1) is 0 Å². The number of ether oxygens (including phenoxy) is 3. The van der Waals surface area contributed by atoms with E-state index in [0.29, 0.717) is 35.8 Å². The molecule has 156 valence electrons. The van der Waals surface area contributed by atoms with E-state index in [2.05, 4.69) is 26.9 Å². The maximum Gasteiger partial charge on any atom is 0.257 e. The number of aromatic nitrogens is 1. The van der Waals surface area contributed by atoms with Crippen LogP contribution in [0.15, 0.2) is 41.5 Å². The molecule has 0 saturated heterocycles. The van der Waals surface area contributed by atoms with Gasteiger partial charge in [0.2, 0.25) is 5.75 Å². The molecule has 1 aromatic heterocycles. The van der Waals surface area contributed by atoms with Gasteiger partial charge in [0.05, 0.1) is 33.6 Å². The molecular formula is C22H24N4O4. The first kappa shape index (κ1) is 19.8. The Labute approximate surface area is 174 Å². The summed E-state index contributed by atoms with van der Waals surface area (Å²) in [5.74, 6) is 1.35. The van der Waals surface area contributed by atoms with E-state index in [1.807, 2.05) is 18.2 Å². The van der Waals surface area contributed by atoms with Crippen molar-refractivity contribution in [3.63, 3.8) is 0 Å². The molecular weight excluding hydrogens is 384 g/mol. The number of carbonyl (C=O) groups excluding carboxylic acids is 1. The topological polar surface area (TPSA) is 97.0 Å². The molecule has 0 aliphatic carbocycles. The highest BCUT2D eigenvalue weighted by Gasteiger charge is 2.26. The quantitative estimate of drug-likeness (QED) is 0.430. The Kier molecular flexibility index (Phi) is 5.58. The highest BCUT2D eigenvalue weighted by atomic mass is 16.5. The van der Waals surface area contributed by atoms with Crippen LogP contribution in [-0.4, -0.2) is 44.5 Å². The van der Waals surface area contributed by atoms with Crippen LogP contribution >= 0.6 is 0 Å². The van der Waals surface area contributed by atoms with Gasteiger partial charge in [0.1, 0.15) is 0 Å². The van der Waals surface area contributed by atoms with Crippen molar-refractivity contribution in [1.82, 2.24) is 15.7 Å². The van der Waals surface area contributed by atoms with Crippen molar-refractivity contribution < 1.29 is 19.0 Å². The van der Waals surface area contributed by atoms with Crippen LogP contribution < -0.4 is 25.0 Å². The number of fused-ring (bicyclic) bond motifs is 3. The summed E-state index contributed by atoms with van der Waals surface area (Å²) in [5, 5.41) is 8.53. The minimum atomic E-state index is -0.353. The van der Waals surface area contributed by atoms with E-state index < -0.39 is 0 Å². The van der Waals surface area contributed by atoms with Crippen molar-refractivity contribution in [2.24, 2.45) is 5.10 Å². The molecule has 0 fully saturated rings. The Morgan fingerprint density at radius 1 is 1.13 bits per heavy atom. The molecule has 0 bridgehead atoms. The molecule has 8 nitrogen and oxygen atoms in total.